The second kappa shape index (κ2) is 16.3. The van der Waals surface area contributed by atoms with Crippen LogP contribution in [0.5, 0.6) is 0 Å². The van der Waals surface area contributed by atoms with Gasteiger partial charge in [0.05, 0.1) is 62.8 Å². The molecule has 6 nitrogen and oxygen atoms in total. The highest BCUT2D eigenvalue weighted by Gasteiger charge is 2.49. The van der Waals surface area contributed by atoms with Crippen molar-refractivity contribution >= 4 is 49.3 Å². The second-order valence-corrected chi connectivity index (χ2v) is 20.1. The van der Waals surface area contributed by atoms with Crippen molar-refractivity contribution in [2.75, 3.05) is 0 Å². The number of benzene rings is 9. The van der Waals surface area contributed by atoms with Gasteiger partial charge in [0.25, 0.3) is 0 Å². The standard InChI is InChI=1S/C65H50N4O2/c1-63(2)58-59(64(3,4)71-65(5,6)70-63)62(68-54-34-32-45(41-22-12-8-13-23-41)36-50(54)51-37-46(33-35-55(51)68)42-24-14-9-15-25-42)60(67-7)52(40-66)61(58)69-53-31-21-20-30-48(53)57-49(44-28-18-11-19-29-44)38-47(39-56(57)69)43-26-16-10-17-27-43/h8-39H,1-6H3. The molecule has 0 atom stereocenters. The molecule has 0 fully saturated rings. The topological polar surface area (TPSA) is 56.5 Å². The molecule has 0 aliphatic carbocycles. The van der Waals surface area contributed by atoms with Crippen molar-refractivity contribution in [3.63, 3.8) is 0 Å². The van der Waals surface area contributed by atoms with E-state index in [0.29, 0.717) is 11.4 Å². The maximum atomic E-state index is 12.0. The maximum Gasteiger partial charge on any atom is 0.230 e. The molecule has 6 heteroatoms. The van der Waals surface area contributed by atoms with Gasteiger partial charge >= 0.3 is 0 Å². The molecule has 3 heterocycles. The number of para-hydroxylation sites is 1. The van der Waals surface area contributed by atoms with E-state index in [2.05, 4.69) is 218 Å². The molecule has 12 rings (SSSR count). The van der Waals surface area contributed by atoms with Crippen LogP contribution < -0.4 is 0 Å². The molecule has 0 N–H and O–H groups in total. The van der Waals surface area contributed by atoms with E-state index in [4.69, 9.17) is 9.47 Å². The zero-order valence-corrected chi connectivity index (χ0v) is 40.6. The van der Waals surface area contributed by atoms with Crippen LogP contribution >= 0.6 is 0 Å². The Labute approximate surface area is 414 Å². The van der Waals surface area contributed by atoms with Crippen LogP contribution in [0, 0.1) is 17.9 Å². The molecule has 342 valence electrons. The lowest BCUT2D eigenvalue weighted by Gasteiger charge is -2.36. The van der Waals surface area contributed by atoms with Gasteiger partial charge in [-0.15, -0.1) is 0 Å². The fraction of sp³-hybridized carbons (Fsp3) is 0.138. The molecule has 71 heavy (non-hydrogen) atoms. The van der Waals surface area contributed by atoms with Crippen LogP contribution in [0.4, 0.5) is 5.69 Å². The number of hydrogen-bond acceptors (Lipinski definition) is 3. The first-order valence-electron chi connectivity index (χ1n) is 24.2. The summed E-state index contributed by atoms with van der Waals surface area (Å²) in [5.74, 6) is -1.09. The Bertz CT molecular complexity index is 3920. The molecule has 0 unspecified atom stereocenters. The summed E-state index contributed by atoms with van der Waals surface area (Å²) in [6.45, 7) is 21.6. The van der Waals surface area contributed by atoms with E-state index in [1.807, 2.05) is 38.1 Å². The largest absolute Gasteiger partial charge is 0.340 e. The Kier molecular flexibility index (Phi) is 10.0. The number of nitrogens with zero attached hydrogens (tertiary/aromatic N) is 4. The highest BCUT2D eigenvalue weighted by atomic mass is 16.7. The Morgan fingerprint density at radius 2 is 0.873 bits per heavy atom. The SMILES string of the molecule is [C-]#[N+]c1c(C#N)c(-n2c3ccccc3c3c(-c4ccccc4)cc(-c4ccccc4)cc32)c2c(c1-n1c3ccc(-c4ccccc4)cc3c3cc(-c4ccccc4)ccc31)C(C)(C)OC(C)(C)OC2(C)C. The monoisotopic (exact) mass is 918 g/mol. The lowest BCUT2D eigenvalue weighted by molar-refractivity contribution is -0.295. The number of rotatable bonds is 6. The van der Waals surface area contributed by atoms with Crippen molar-refractivity contribution in [2.45, 2.75) is 58.5 Å². The van der Waals surface area contributed by atoms with Gasteiger partial charge in [0, 0.05) is 32.7 Å². The summed E-state index contributed by atoms with van der Waals surface area (Å²) >= 11 is 0. The number of aromatic nitrogens is 2. The van der Waals surface area contributed by atoms with Crippen LogP contribution in [-0.2, 0) is 20.7 Å². The summed E-state index contributed by atoms with van der Waals surface area (Å²) in [6, 6.07) is 70.6. The lowest BCUT2D eigenvalue weighted by atomic mass is 9.80. The van der Waals surface area contributed by atoms with Gasteiger partial charge in [0.15, 0.2) is 5.79 Å². The number of nitriles is 1. The third-order valence-corrected chi connectivity index (χ3v) is 14.2. The van der Waals surface area contributed by atoms with Crippen molar-refractivity contribution in [1.29, 1.82) is 5.26 Å². The fourth-order valence-electron chi connectivity index (χ4n) is 11.8. The van der Waals surface area contributed by atoms with Gasteiger partial charge in [-0.1, -0.05) is 152 Å². The van der Waals surface area contributed by atoms with Crippen LogP contribution in [0.3, 0.4) is 0 Å². The summed E-state index contributed by atoms with van der Waals surface area (Å²) in [4.78, 5) is 4.49. The summed E-state index contributed by atoms with van der Waals surface area (Å²) in [5.41, 5.74) is 13.3. The van der Waals surface area contributed by atoms with Crippen LogP contribution in [0.25, 0.3) is 104 Å². The van der Waals surface area contributed by atoms with Crippen molar-refractivity contribution in [3.05, 3.63) is 222 Å². The predicted molar refractivity (Wildman–Crippen MR) is 290 cm³/mol. The highest BCUT2D eigenvalue weighted by molar-refractivity contribution is 6.18. The molecule has 9 aromatic carbocycles. The first-order chi connectivity index (χ1) is 34.4. The fourth-order valence-corrected chi connectivity index (χ4v) is 11.8. The first kappa shape index (κ1) is 43.7. The predicted octanol–water partition coefficient (Wildman–Crippen LogP) is 17.2. The second-order valence-electron chi connectivity index (χ2n) is 20.1. The summed E-state index contributed by atoms with van der Waals surface area (Å²) in [5, 5.41) is 16.1. The Morgan fingerprint density at radius 3 is 1.38 bits per heavy atom. The zero-order chi connectivity index (χ0) is 48.8. The normalized spacial score (nSPS) is 14.8. The quantitative estimate of drug-likeness (QED) is 0.156. The van der Waals surface area contributed by atoms with E-state index in [-0.39, 0.29) is 11.3 Å². The average Bonchev–Trinajstić information content (AvgIpc) is 3.88. The molecule has 0 saturated heterocycles. The van der Waals surface area contributed by atoms with Gasteiger partial charge in [0.1, 0.15) is 0 Å². The van der Waals surface area contributed by atoms with E-state index in [9.17, 15) is 11.8 Å². The van der Waals surface area contributed by atoms with E-state index in [1.165, 1.54) is 0 Å². The highest BCUT2D eigenvalue weighted by Crippen LogP contribution is 2.56. The van der Waals surface area contributed by atoms with Crippen LogP contribution in [0.15, 0.2) is 194 Å². The molecule has 11 aromatic rings. The number of hydrogen-bond donors (Lipinski definition) is 0. The Hall–Kier alpha value is -8.52. The number of ether oxygens (including phenoxy) is 2. The minimum absolute atomic E-state index is 0.236. The van der Waals surface area contributed by atoms with Crippen LogP contribution in [-0.4, -0.2) is 14.9 Å². The van der Waals surface area contributed by atoms with Crippen molar-refractivity contribution < 1.29 is 9.47 Å². The molecule has 0 saturated carbocycles. The summed E-state index contributed by atoms with van der Waals surface area (Å²) in [6.07, 6.45) is 0. The van der Waals surface area contributed by atoms with Gasteiger partial charge < -0.3 is 18.6 Å². The molecule has 0 radical (unpaired) electrons. The van der Waals surface area contributed by atoms with Crippen LogP contribution in [0.2, 0.25) is 0 Å². The summed E-state index contributed by atoms with van der Waals surface area (Å²) in [7, 11) is 0. The van der Waals surface area contributed by atoms with Gasteiger partial charge in [-0.25, -0.2) is 4.85 Å². The molecule has 0 bridgehead atoms. The molecule has 1 aliphatic rings. The van der Waals surface area contributed by atoms with Gasteiger partial charge in [0.2, 0.25) is 5.69 Å². The van der Waals surface area contributed by atoms with Crippen molar-refractivity contribution in [3.8, 4) is 62.0 Å². The van der Waals surface area contributed by atoms with E-state index >= 15 is 0 Å². The van der Waals surface area contributed by atoms with Crippen LogP contribution in [0.1, 0.15) is 58.2 Å². The Morgan fingerprint density at radius 1 is 0.437 bits per heavy atom. The van der Waals surface area contributed by atoms with Crippen molar-refractivity contribution in [1.82, 2.24) is 9.13 Å². The van der Waals surface area contributed by atoms with E-state index in [1.54, 1.807) is 0 Å². The lowest BCUT2D eigenvalue weighted by Crippen LogP contribution is -2.38. The molecule has 1 aliphatic heterocycles. The average molecular weight is 919 g/mol. The zero-order valence-electron chi connectivity index (χ0n) is 40.6. The van der Waals surface area contributed by atoms with E-state index in [0.717, 1.165) is 99.2 Å². The smallest absolute Gasteiger partial charge is 0.230 e. The summed E-state index contributed by atoms with van der Waals surface area (Å²) < 4.78 is 18.9. The van der Waals surface area contributed by atoms with E-state index < -0.39 is 17.0 Å². The third-order valence-electron chi connectivity index (χ3n) is 14.2. The minimum Gasteiger partial charge on any atom is -0.340 e. The molecular formula is C65H50N4O2. The molecule has 0 spiro atoms. The first-order valence-corrected chi connectivity index (χ1v) is 24.2. The van der Waals surface area contributed by atoms with Crippen molar-refractivity contribution in [2.24, 2.45) is 0 Å². The minimum atomic E-state index is -1.09. The Balaban J connectivity index is 1.28. The van der Waals surface area contributed by atoms with Gasteiger partial charge in [-0.05, 0) is 129 Å². The molecule has 2 aromatic heterocycles. The van der Waals surface area contributed by atoms with Gasteiger partial charge in [-0.2, -0.15) is 5.26 Å². The molecular weight excluding hydrogens is 869 g/mol. The van der Waals surface area contributed by atoms with Gasteiger partial charge in [-0.3, -0.25) is 0 Å². The maximum absolute atomic E-state index is 12.0. The third kappa shape index (κ3) is 6.98. The number of fused-ring (bicyclic) bond motifs is 7. The molecule has 0 amide bonds.